The van der Waals surface area contributed by atoms with Gasteiger partial charge in [0, 0.05) is 18.9 Å². The van der Waals surface area contributed by atoms with E-state index in [4.69, 9.17) is 15.2 Å². The van der Waals surface area contributed by atoms with E-state index in [1.165, 1.54) is 20.3 Å². The Morgan fingerprint density at radius 2 is 1.75 bits per heavy atom. The van der Waals surface area contributed by atoms with Gasteiger partial charge in [0.15, 0.2) is 17.3 Å². The number of ketones is 1. The molecule has 8 heteroatoms. The second kappa shape index (κ2) is 6.50. The molecule has 0 aromatic heterocycles. The third-order valence-corrected chi connectivity index (χ3v) is 2.60. The van der Waals surface area contributed by atoms with Crippen LogP contribution in [0.15, 0.2) is 12.1 Å². The molecule has 0 fully saturated rings. The van der Waals surface area contributed by atoms with E-state index >= 15 is 0 Å². The lowest BCUT2D eigenvalue weighted by atomic mass is 10.0. The molecule has 0 atom stereocenters. The van der Waals surface area contributed by atoms with Crippen LogP contribution in [-0.2, 0) is 4.79 Å². The Bertz CT molecular complexity index is 555. The Hall–Kier alpha value is -2.64. The minimum Gasteiger partial charge on any atom is -0.493 e. The Morgan fingerprint density at radius 1 is 1.20 bits per heavy atom. The lowest BCUT2D eigenvalue weighted by Crippen LogP contribution is -2.13. The summed E-state index contributed by atoms with van der Waals surface area (Å²) in [6.07, 6.45) is -0.379. The fraction of sp³-hybridized carbons (Fsp3) is 0.333. The Kier molecular flexibility index (Phi) is 5.01. The van der Waals surface area contributed by atoms with Gasteiger partial charge >= 0.3 is 0 Å². The highest BCUT2D eigenvalue weighted by molar-refractivity contribution is 6.01. The molecule has 1 amide bonds. The molecule has 2 N–H and O–H groups in total. The van der Waals surface area contributed by atoms with Crippen molar-refractivity contribution < 1.29 is 24.0 Å². The molecule has 0 bridgehead atoms. The maximum atomic E-state index is 11.9. The molecule has 0 aliphatic rings. The Morgan fingerprint density at radius 3 is 2.20 bits per heavy atom. The van der Waals surface area contributed by atoms with Gasteiger partial charge in [0.05, 0.1) is 30.8 Å². The van der Waals surface area contributed by atoms with E-state index in [2.05, 4.69) is 0 Å². The number of rotatable bonds is 7. The van der Waals surface area contributed by atoms with Crippen LogP contribution in [-0.4, -0.2) is 30.8 Å². The second-order valence-corrected chi connectivity index (χ2v) is 3.87. The number of methoxy groups -OCH3 is 2. The molecule has 0 saturated carbocycles. The third kappa shape index (κ3) is 3.44. The molecule has 0 radical (unpaired) electrons. The molecule has 0 heterocycles. The van der Waals surface area contributed by atoms with Crippen molar-refractivity contribution in [2.24, 2.45) is 5.73 Å². The number of benzene rings is 1. The number of Topliss-reactive ketones (excluding diaryl/α,β-unsaturated/α-hetero) is 1. The van der Waals surface area contributed by atoms with Gasteiger partial charge in [-0.2, -0.15) is 0 Å². The number of carbonyl (C=O) groups is 2. The summed E-state index contributed by atoms with van der Waals surface area (Å²) in [7, 11) is 2.68. The lowest BCUT2D eigenvalue weighted by molar-refractivity contribution is -0.385. The number of nitrogens with two attached hydrogens (primary N) is 1. The van der Waals surface area contributed by atoms with E-state index in [0.717, 1.165) is 6.07 Å². The van der Waals surface area contributed by atoms with Crippen molar-refractivity contribution in [3.05, 3.63) is 27.8 Å². The van der Waals surface area contributed by atoms with Crippen molar-refractivity contribution >= 4 is 17.4 Å². The van der Waals surface area contributed by atoms with Crippen molar-refractivity contribution in [2.45, 2.75) is 12.8 Å². The maximum absolute atomic E-state index is 11.9. The topological polar surface area (TPSA) is 122 Å². The number of hydrogen-bond donors (Lipinski definition) is 1. The summed E-state index contributed by atoms with van der Waals surface area (Å²) in [5, 5.41) is 11.0. The van der Waals surface area contributed by atoms with E-state index in [9.17, 15) is 19.7 Å². The maximum Gasteiger partial charge on any atom is 0.284 e. The highest BCUT2D eigenvalue weighted by Gasteiger charge is 2.24. The number of nitro benzene ring substituents is 1. The van der Waals surface area contributed by atoms with Gasteiger partial charge in [0.2, 0.25) is 5.91 Å². The summed E-state index contributed by atoms with van der Waals surface area (Å²) in [6, 6.07) is 2.33. The summed E-state index contributed by atoms with van der Waals surface area (Å²) in [5.41, 5.74) is 4.40. The van der Waals surface area contributed by atoms with E-state index in [0.29, 0.717) is 0 Å². The molecule has 0 unspecified atom stereocenters. The predicted molar refractivity (Wildman–Crippen MR) is 69.0 cm³/mol. The van der Waals surface area contributed by atoms with Crippen molar-refractivity contribution in [1.82, 2.24) is 0 Å². The molecule has 1 rings (SSSR count). The first kappa shape index (κ1) is 15.4. The fourth-order valence-corrected chi connectivity index (χ4v) is 1.61. The van der Waals surface area contributed by atoms with Crippen LogP contribution in [0.2, 0.25) is 0 Å². The number of carbonyl (C=O) groups excluding carboxylic acids is 2. The van der Waals surface area contributed by atoms with Crippen LogP contribution in [0.5, 0.6) is 11.5 Å². The van der Waals surface area contributed by atoms with Crippen molar-refractivity contribution in [3.8, 4) is 11.5 Å². The molecule has 1 aromatic rings. The van der Waals surface area contributed by atoms with Gasteiger partial charge in [-0.05, 0) is 0 Å². The van der Waals surface area contributed by atoms with E-state index in [1.807, 2.05) is 0 Å². The summed E-state index contributed by atoms with van der Waals surface area (Å²) >= 11 is 0. The van der Waals surface area contributed by atoms with Crippen LogP contribution in [0.25, 0.3) is 0 Å². The number of primary amides is 1. The van der Waals surface area contributed by atoms with Gasteiger partial charge in [-0.3, -0.25) is 19.7 Å². The highest BCUT2D eigenvalue weighted by Crippen LogP contribution is 2.35. The summed E-state index contributed by atoms with van der Waals surface area (Å²) in [6.45, 7) is 0. The van der Waals surface area contributed by atoms with E-state index < -0.39 is 22.3 Å². The predicted octanol–water partition coefficient (Wildman–Crippen LogP) is 1.06. The standard InChI is InChI=1S/C12H14N2O6/c1-19-10-5-7(9(15)3-4-12(13)16)8(14(17)18)6-11(10)20-2/h5-6H,3-4H2,1-2H3,(H2,13,16). The highest BCUT2D eigenvalue weighted by atomic mass is 16.6. The minimum atomic E-state index is -0.695. The smallest absolute Gasteiger partial charge is 0.284 e. The molecule has 1 aromatic carbocycles. The Balaban J connectivity index is 3.25. The fourth-order valence-electron chi connectivity index (χ4n) is 1.61. The number of ether oxygens (including phenoxy) is 2. The van der Waals surface area contributed by atoms with Crippen LogP contribution in [0.3, 0.4) is 0 Å². The van der Waals surface area contributed by atoms with E-state index in [-0.39, 0.29) is 29.9 Å². The van der Waals surface area contributed by atoms with Gasteiger partial charge in [-0.1, -0.05) is 0 Å². The van der Waals surface area contributed by atoms with Crippen LogP contribution >= 0.6 is 0 Å². The molecule has 0 spiro atoms. The van der Waals surface area contributed by atoms with Crippen LogP contribution in [0, 0.1) is 10.1 Å². The quantitative estimate of drug-likeness (QED) is 0.453. The van der Waals surface area contributed by atoms with Crippen LogP contribution < -0.4 is 15.2 Å². The molecule has 0 aliphatic carbocycles. The largest absolute Gasteiger partial charge is 0.493 e. The average Bonchev–Trinajstić information content (AvgIpc) is 2.42. The number of hydrogen-bond acceptors (Lipinski definition) is 6. The van der Waals surface area contributed by atoms with Gasteiger partial charge < -0.3 is 15.2 Å². The first-order chi connectivity index (χ1) is 9.40. The SMILES string of the molecule is COc1cc(C(=O)CCC(N)=O)c([N+](=O)[O-])cc1OC. The monoisotopic (exact) mass is 282 g/mol. The van der Waals surface area contributed by atoms with Crippen molar-refractivity contribution in [2.75, 3.05) is 14.2 Å². The molecule has 0 saturated heterocycles. The molecule has 0 aliphatic heterocycles. The van der Waals surface area contributed by atoms with Crippen LogP contribution in [0.1, 0.15) is 23.2 Å². The zero-order valence-corrected chi connectivity index (χ0v) is 11.0. The number of amides is 1. The average molecular weight is 282 g/mol. The number of nitrogens with zero attached hydrogens (tertiary/aromatic N) is 1. The van der Waals surface area contributed by atoms with Gasteiger partial charge in [0.1, 0.15) is 0 Å². The zero-order chi connectivity index (χ0) is 15.3. The summed E-state index contributed by atoms with van der Waals surface area (Å²) < 4.78 is 9.94. The third-order valence-electron chi connectivity index (χ3n) is 2.60. The summed E-state index contributed by atoms with van der Waals surface area (Å²) in [4.78, 5) is 32.9. The summed E-state index contributed by atoms with van der Waals surface area (Å²) in [5.74, 6) is -0.871. The normalized spacial score (nSPS) is 9.90. The molecular formula is C12H14N2O6. The van der Waals surface area contributed by atoms with Crippen molar-refractivity contribution in [3.63, 3.8) is 0 Å². The van der Waals surface area contributed by atoms with Gasteiger partial charge in [-0.25, -0.2) is 0 Å². The Labute approximate surface area is 114 Å². The van der Waals surface area contributed by atoms with E-state index in [1.54, 1.807) is 0 Å². The van der Waals surface area contributed by atoms with Gasteiger partial charge in [0.25, 0.3) is 5.69 Å². The molecular weight excluding hydrogens is 268 g/mol. The lowest BCUT2D eigenvalue weighted by Gasteiger charge is -2.09. The molecule has 20 heavy (non-hydrogen) atoms. The minimum absolute atomic E-state index is 0.144. The second-order valence-electron chi connectivity index (χ2n) is 3.87. The molecule has 8 nitrogen and oxygen atoms in total. The van der Waals surface area contributed by atoms with Crippen LogP contribution in [0.4, 0.5) is 5.69 Å². The van der Waals surface area contributed by atoms with Crippen molar-refractivity contribution in [1.29, 1.82) is 0 Å². The van der Waals surface area contributed by atoms with Gasteiger partial charge in [-0.15, -0.1) is 0 Å². The number of nitro groups is 1. The zero-order valence-electron chi connectivity index (χ0n) is 11.0. The first-order valence-corrected chi connectivity index (χ1v) is 5.62. The molecule has 108 valence electrons. The first-order valence-electron chi connectivity index (χ1n) is 5.62.